The number of rotatable bonds is 2. The minimum Gasteiger partial charge on any atom is -0.291 e. The fourth-order valence-corrected chi connectivity index (χ4v) is 4.46. The predicted octanol–water partition coefficient (Wildman–Crippen LogP) is 2.93. The summed E-state index contributed by atoms with van der Waals surface area (Å²) in [7, 11) is -3.94. The second kappa shape index (κ2) is 5.16. The summed E-state index contributed by atoms with van der Waals surface area (Å²) in [5.41, 5.74) is -0.524. The number of aromatic nitrogens is 3. The normalized spacial score (nSPS) is 12.9. The Bertz CT molecular complexity index is 739. The molecule has 0 saturated heterocycles. The van der Waals surface area contributed by atoms with E-state index in [2.05, 4.69) is 42.1 Å². The molecule has 0 atom stereocenters. The summed E-state index contributed by atoms with van der Waals surface area (Å²) in [6.45, 7) is 5.60. The van der Waals surface area contributed by atoms with E-state index in [1.807, 2.05) is 26.8 Å². The molecule has 0 aliphatic carbocycles. The first-order chi connectivity index (χ1) is 9.01. The molecule has 0 aliphatic heterocycles. The molecule has 0 spiro atoms. The maximum absolute atomic E-state index is 11.7. The fraction of sp³-hybridized carbons (Fsp3) is 0.400. The van der Waals surface area contributed by atoms with Crippen LogP contribution in [0.3, 0.4) is 0 Å². The number of nitrogens with two attached hydrogens (primary N) is 1. The smallest absolute Gasteiger partial charge is 0.273 e. The van der Waals surface area contributed by atoms with Crippen LogP contribution in [0.5, 0.6) is 0 Å². The first-order valence-electron chi connectivity index (χ1n) is 5.45. The van der Waals surface area contributed by atoms with Crippen LogP contribution >= 0.6 is 43.2 Å². The minimum atomic E-state index is -3.94. The quantitative estimate of drug-likeness (QED) is 0.772. The van der Waals surface area contributed by atoms with Crippen LogP contribution in [-0.2, 0) is 15.6 Å². The van der Waals surface area contributed by atoms with Crippen molar-refractivity contribution in [2.24, 2.45) is 5.14 Å². The molecule has 0 saturated carbocycles. The molecule has 2 rings (SSSR count). The second-order valence-electron chi connectivity index (χ2n) is 5.09. The van der Waals surface area contributed by atoms with E-state index in [0.717, 1.165) is 13.1 Å². The summed E-state index contributed by atoms with van der Waals surface area (Å²) in [6, 6.07) is 1.86. The van der Waals surface area contributed by atoms with E-state index in [0.29, 0.717) is 5.82 Å². The van der Waals surface area contributed by atoms with Gasteiger partial charge in [0.15, 0.2) is 5.82 Å². The SMILES string of the molecule is CC(C)(C)n1c(-c2cc(Br)c(Br)s2)nnc1S(N)(=O)=O. The number of nitrogens with zero attached hydrogens (tertiary/aromatic N) is 3. The lowest BCUT2D eigenvalue weighted by molar-refractivity contribution is 0.366. The van der Waals surface area contributed by atoms with Gasteiger partial charge in [0.1, 0.15) is 0 Å². The van der Waals surface area contributed by atoms with Gasteiger partial charge in [-0.3, -0.25) is 4.57 Å². The molecule has 110 valence electrons. The molecule has 0 bridgehead atoms. The van der Waals surface area contributed by atoms with Crippen molar-refractivity contribution in [1.29, 1.82) is 0 Å². The highest BCUT2D eigenvalue weighted by Crippen LogP contribution is 2.39. The third-order valence-electron chi connectivity index (χ3n) is 2.42. The molecule has 20 heavy (non-hydrogen) atoms. The van der Waals surface area contributed by atoms with Gasteiger partial charge >= 0.3 is 0 Å². The maximum Gasteiger partial charge on any atom is 0.273 e. The lowest BCUT2D eigenvalue weighted by Gasteiger charge is -2.23. The van der Waals surface area contributed by atoms with Crippen LogP contribution in [0, 0.1) is 0 Å². The van der Waals surface area contributed by atoms with Gasteiger partial charge in [-0.2, -0.15) is 0 Å². The molecule has 2 N–H and O–H groups in total. The third-order valence-corrected chi connectivity index (χ3v) is 6.45. The zero-order valence-electron chi connectivity index (χ0n) is 10.9. The molecule has 2 heterocycles. The van der Waals surface area contributed by atoms with Gasteiger partial charge in [-0.05, 0) is 58.7 Å². The minimum absolute atomic E-state index is 0.236. The van der Waals surface area contributed by atoms with Crippen LogP contribution in [-0.4, -0.2) is 23.2 Å². The lowest BCUT2D eigenvalue weighted by atomic mass is 10.1. The van der Waals surface area contributed by atoms with Crippen molar-refractivity contribution in [3.8, 4) is 10.7 Å². The van der Waals surface area contributed by atoms with Gasteiger partial charge in [0.05, 0.1) is 8.66 Å². The number of primary sulfonamides is 1. The molecule has 10 heteroatoms. The highest BCUT2D eigenvalue weighted by molar-refractivity contribution is 9.13. The Kier molecular flexibility index (Phi) is 4.15. The van der Waals surface area contributed by atoms with Crippen LogP contribution in [0.15, 0.2) is 19.5 Å². The molecule has 6 nitrogen and oxygen atoms in total. The molecule has 0 aromatic carbocycles. The summed E-state index contributed by atoms with van der Waals surface area (Å²) >= 11 is 8.24. The molecule has 2 aromatic rings. The highest BCUT2D eigenvalue weighted by atomic mass is 79.9. The van der Waals surface area contributed by atoms with Gasteiger partial charge < -0.3 is 0 Å². The van der Waals surface area contributed by atoms with Crippen LogP contribution in [0.25, 0.3) is 10.7 Å². The van der Waals surface area contributed by atoms with Gasteiger partial charge in [0, 0.05) is 10.0 Å². The molecule has 0 fully saturated rings. The molecule has 0 amide bonds. The number of halogens is 2. The number of hydrogen-bond acceptors (Lipinski definition) is 5. The van der Waals surface area contributed by atoms with E-state index < -0.39 is 15.6 Å². The van der Waals surface area contributed by atoms with Crippen molar-refractivity contribution < 1.29 is 8.42 Å². The summed E-state index contributed by atoms with van der Waals surface area (Å²) < 4.78 is 26.6. The number of hydrogen-bond donors (Lipinski definition) is 1. The van der Waals surface area contributed by atoms with E-state index in [1.165, 1.54) is 15.9 Å². The summed E-state index contributed by atoms with van der Waals surface area (Å²) in [4.78, 5) is 0.793. The zero-order valence-corrected chi connectivity index (χ0v) is 15.7. The van der Waals surface area contributed by atoms with E-state index in [4.69, 9.17) is 5.14 Å². The summed E-state index contributed by atoms with van der Waals surface area (Å²) in [5.74, 6) is 0.470. The Labute approximate surface area is 137 Å². The van der Waals surface area contributed by atoms with Crippen LogP contribution < -0.4 is 5.14 Å². The largest absolute Gasteiger partial charge is 0.291 e. The highest BCUT2D eigenvalue weighted by Gasteiger charge is 2.30. The first-order valence-corrected chi connectivity index (χ1v) is 9.40. The molecule has 0 unspecified atom stereocenters. The van der Waals surface area contributed by atoms with Gasteiger partial charge in [-0.1, -0.05) is 0 Å². The van der Waals surface area contributed by atoms with Crippen LogP contribution in [0.4, 0.5) is 0 Å². The van der Waals surface area contributed by atoms with Crippen molar-refractivity contribution in [3.63, 3.8) is 0 Å². The molecule has 2 aromatic heterocycles. The fourth-order valence-electron chi connectivity index (χ4n) is 1.68. The standard InChI is InChI=1S/C10H12Br2N4O2S2/c1-10(2,3)16-8(6-4-5(11)7(12)19-6)14-15-9(16)20(13,17)18/h4H,1-3H3,(H2,13,17,18). The van der Waals surface area contributed by atoms with E-state index in [-0.39, 0.29) is 5.16 Å². The Balaban J connectivity index is 2.76. The number of sulfonamides is 1. The first kappa shape index (κ1) is 16.1. The van der Waals surface area contributed by atoms with E-state index in [9.17, 15) is 8.42 Å². The Hall–Kier alpha value is -0.290. The van der Waals surface area contributed by atoms with Gasteiger partial charge in [-0.25, -0.2) is 13.6 Å². The maximum atomic E-state index is 11.7. The van der Waals surface area contributed by atoms with Crippen LogP contribution in [0.2, 0.25) is 0 Å². The van der Waals surface area contributed by atoms with Crippen LogP contribution in [0.1, 0.15) is 20.8 Å². The van der Waals surface area contributed by atoms with Gasteiger partial charge in [0.25, 0.3) is 15.2 Å². The monoisotopic (exact) mass is 442 g/mol. The topological polar surface area (TPSA) is 90.9 Å². The van der Waals surface area contributed by atoms with Crippen molar-refractivity contribution in [2.45, 2.75) is 31.5 Å². The number of thiophene rings is 1. The van der Waals surface area contributed by atoms with Gasteiger partial charge in [0.2, 0.25) is 0 Å². The zero-order chi connectivity index (χ0) is 15.3. The Morgan fingerprint density at radius 3 is 2.30 bits per heavy atom. The molecule has 0 radical (unpaired) electrons. The molecule has 0 aliphatic rings. The van der Waals surface area contributed by atoms with Crippen molar-refractivity contribution in [3.05, 3.63) is 14.3 Å². The lowest BCUT2D eigenvalue weighted by Crippen LogP contribution is -2.29. The van der Waals surface area contributed by atoms with Crippen molar-refractivity contribution >= 4 is 53.2 Å². The summed E-state index contributed by atoms with van der Waals surface area (Å²) in [6.07, 6.45) is 0. The molecular formula is C10H12Br2N4O2S2. The average molecular weight is 444 g/mol. The second-order valence-corrected chi connectivity index (χ2v) is 9.77. The Morgan fingerprint density at radius 1 is 1.30 bits per heavy atom. The Morgan fingerprint density at radius 2 is 1.90 bits per heavy atom. The predicted molar refractivity (Wildman–Crippen MR) is 85.1 cm³/mol. The van der Waals surface area contributed by atoms with E-state index in [1.54, 1.807) is 0 Å². The summed E-state index contributed by atoms with van der Waals surface area (Å²) in [5, 5.41) is 12.7. The van der Waals surface area contributed by atoms with E-state index >= 15 is 0 Å². The van der Waals surface area contributed by atoms with Gasteiger partial charge in [-0.15, -0.1) is 21.5 Å². The third kappa shape index (κ3) is 2.98. The average Bonchev–Trinajstić information content (AvgIpc) is 2.81. The van der Waals surface area contributed by atoms with Crippen molar-refractivity contribution in [2.75, 3.05) is 0 Å². The van der Waals surface area contributed by atoms with Crippen molar-refractivity contribution in [1.82, 2.24) is 14.8 Å². The molecular weight excluding hydrogens is 432 g/mol.